The summed E-state index contributed by atoms with van der Waals surface area (Å²) in [6.07, 6.45) is -7.95. The summed E-state index contributed by atoms with van der Waals surface area (Å²) >= 11 is 0. The van der Waals surface area contributed by atoms with Crippen molar-refractivity contribution in [2.75, 3.05) is 0 Å². The minimum Gasteiger partial charge on any atom is -0.283 e. The van der Waals surface area contributed by atoms with Crippen LogP contribution < -0.4 is 0 Å². The van der Waals surface area contributed by atoms with E-state index in [0.29, 0.717) is 0 Å². The van der Waals surface area contributed by atoms with E-state index in [1.54, 1.807) is 0 Å². The molecule has 1 N–H and O–H groups in total. The molecule has 0 saturated heterocycles. The van der Waals surface area contributed by atoms with Gasteiger partial charge >= 0.3 is 56.6 Å². The normalized spacial score (nSPS) is 34.4. The number of hydrogen-bond acceptors (Lipinski definition) is 2. The van der Waals surface area contributed by atoms with Gasteiger partial charge in [-0.05, 0) is 0 Å². The first-order valence-corrected chi connectivity index (χ1v) is 6.99. The van der Waals surface area contributed by atoms with Crippen LogP contribution in [0.15, 0.2) is 0 Å². The molecule has 0 heterocycles. The van der Waals surface area contributed by atoms with E-state index < -0.39 is 56.6 Å². The van der Waals surface area contributed by atoms with Crippen molar-refractivity contribution >= 4 is 61.5 Å². The molecule has 1 aliphatic carbocycles. The van der Waals surface area contributed by atoms with Crippen LogP contribution in [0, 0.1) is 0 Å². The van der Waals surface area contributed by atoms with Crippen molar-refractivity contribution in [3.8, 4) is 0 Å². The first kappa shape index (κ1) is 28.5. The Balaban J connectivity index is 0.00000729. The molecular weight excluding hydrogens is 500 g/mol. The maximum atomic E-state index is 13.8. The third-order valence-corrected chi connectivity index (χ3v) is 4.83. The SMILES string of the molecule is O=S(=O)(O)C1(F)C(F)(F)C(F)(F)C(F)(C(F)(F)C(F)(F)F)C(F)(F)C1(F)F.[K]. The maximum absolute atomic E-state index is 13.8. The van der Waals surface area contributed by atoms with Gasteiger partial charge in [0.05, 0.1) is 0 Å². The fourth-order valence-corrected chi connectivity index (χ4v) is 3.05. The predicted octanol–water partition coefficient (Wildman–Crippen LogP) is 3.62. The van der Waals surface area contributed by atoms with Gasteiger partial charge in [-0.3, -0.25) is 4.55 Å². The number of halogens is 15. The number of rotatable bonds is 2. The van der Waals surface area contributed by atoms with Gasteiger partial charge in [-0.25, -0.2) is 8.78 Å². The zero-order valence-electron chi connectivity index (χ0n) is 12.3. The van der Waals surface area contributed by atoms with Crippen molar-refractivity contribution in [1.82, 2.24) is 0 Å². The number of hydrogen-bond donors (Lipinski definition) is 1. The molecule has 28 heavy (non-hydrogen) atoms. The molecule has 0 aromatic rings. The monoisotopic (exact) mass is 501 g/mol. The van der Waals surface area contributed by atoms with Crippen LogP contribution in [0.2, 0.25) is 0 Å². The summed E-state index contributed by atoms with van der Waals surface area (Å²) < 4.78 is 225. The molecule has 1 rings (SSSR count). The molecule has 3 nitrogen and oxygen atoms in total. The van der Waals surface area contributed by atoms with Crippen molar-refractivity contribution < 1.29 is 78.8 Å². The quantitative estimate of drug-likeness (QED) is 0.358. The smallest absolute Gasteiger partial charge is 0.283 e. The molecule has 20 heteroatoms. The van der Waals surface area contributed by atoms with Crippen LogP contribution in [0.4, 0.5) is 65.9 Å². The van der Waals surface area contributed by atoms with Gasteiger partial charge in [0.15, 0.2) is 0 Å². The summed E-state index contributed by atoms with van der Waals surface area (Å²) in [5, 5.41) is -7.91. The second-order valence-electron chi connectivity index (χ2n) is 5.10. The van der Waals surface area contributed by atoms with Gasteiger partial charge in [0.25, 0.3) is 0 Å². The zero-order chi connectivity index (χ0) is 22.5. The molecule has 1 aliphatic rings. The summed E-state index contributed by atoms with van der Waals surface area (Å²) in [4.78, 5) is 0. The molecular formula is C8HF15KO3S. The Morgan fingerprint density at radius 3 is 1.04 bits per heavy atom. The molecule has 0 amide bonds. The van der Waals surface area contributed by atoms with E-state index in [0.717, 1.165) is 0 Å². The van der Waals surface area contributed by atoms with Gasteiger partial charge in [0.1, 0.15) is 0 Å². The predicted molar refractivity (Wildman–Crippen MR) is 55.8 cm³/mol. The summed E-state index contributed by atoms with van der Waals surface area (Å²) in [6, 6.07) is 0. The van der Waals surface area contributed by atoms with E-state index in [-0.39, 0.29) is 51.4 Å². The Hall–Kier alpha value is 0.496. The van der Waals surface area contributed by atoms with Gasteiger partial charge in [-0.2, -0.15) is 65.5 Å². The summed E-state index contributed by atoms with van der Waals surface area (Å²) in [7, 11) is -8.13. The molecule has 0 spiro atoms. The molecule has 0 aliphatic heterocycles. The van der Waals surface area contributed by atoms with E-state index in [1.807, 2.05) is 0 Å². The Kier molecular flexibility index (Phi) is 6.62. The molecule has 1 radical (unpaired) electrons. The molecule has 0 unspecified atom stereocenters. The van der Waals surface area contributed by atoms with Crippen molar-refractivity contribution in [3.05, 3.63) is 0 Å². The van der Waals surface area contributed by atoms with Crippen molar-refractivity contribution in [1.29, 1.82) is 0 Å². The molecule has 163 valence electrons. The first-order chi connectivity index (χ1) is 11.2. The van der Waals surface area contributed by atoms with Gasteiger partial charge < -0.3 is 0 Å². The number of alkyl halides is 15. The Morgan fingerprint density at radius 1 is 0.607 bits per heavy atom. The van der Waals surface area contributed by atoms with E-state index in [1.165, 1.54) is 0 Å². The first-order valence-electron chi connectivity index (χ1n) is 5.55. The minimum absolute atomic E-state index is 0. The van der Waals surface area contributed by atoms with Gasteiger partial charge in [0.2, 0.25) is 0 Å². The Morgan fingerprint density at radius 2 is 0.857 bits per heavy atom. The minimum atomic E-state index is -8.60. The van der Waals surface area contributed by atoms with Gasteiger partial charge in [0, 0.05) is 51.4 Å². The summed E-state index contributed by atoms with van der Waals surface area (Å²) in [5.41, 5.74) is -8.60. The second-order valence-corrected chi connectivity index (χ2v) is 6.61. The van der Waals surface area contributed by atoms with E-state index in [4.69, 9.17) is 4.55 Å². The Bertz CT molecular complexity index is 713. The van der Waals surface area contributed by atoms with Crippen LogP contribution in [0.1, 0.15) is 0 Å². The topological polar surface area (TPSA) is 54.4 Å². The summed E-state index contributed by atoms with van der Waals surface area (Å²) in [5.74, 6) is -41.9. The molecule has 0 aromatic carbocycles. The molecule has 0 aromatic heterocycles. The standard InChI is InChI=1S/C8HF15O3S.K/c9-1(4(14,15)8(21,22)23)2(10,11)5(16,17)7(20,27(24,25)26)6(18,19)3(1,12)13;/h(H,24,25,26);. The van der Waals surface area contributed by atoms with Crippen LogP contribution in [0.25, 0.3) is 0 Å². The van der Waals surface area contributed by atoms with E-state index in [2.05, 4.69) is 0 Å². The zero-order valence-corrected chi connectivity index (χ0v) is 16.3. The maximum Gasteiger partial charge on any atom is 0.457 e. The van der Waals surface area contributed by atoms with Crippen LogP contribution in [0.5, 0.6) is 0 Å². The van der Waals surface area contributed by atoms with Crippen LogP contribution in [-0.2, 0) is 10.1 Å². The van der Waals surface area contributed by atoms with E-state index >= 15 is 0 Å². The Labute approximate surface area is 185 Å². The molecule has 0 atom stereocenters. The van der Waals surface area contributed by atoms with Gasteiger partial charge in [-0.1, -0.05) is 0 Å². The molecule has 1 fully saturated rings. The third-order valence-electron chi connectivity index (χ3n) is 3.61. The van der Waals surface area contributed by atoms with Crippen molar-refractivity contribution in [3.63, 3.8) is 0 Å². The molecule has 0 bridgehead atoms. The fourth-order valence-electron chi connectivity index (χ4n) is 2.14. The van der Waals surface area contributed by atoms with Crippen LogP contribution in [-0.4, -0.2) is 111 Å². The van der Waals surface area contributed by atoms with E-state index in [9.17, 15) is 74.3 Å². The summed E-state index contributed by atoms with van der Waals surface area (Å²) in [6.45, 7) is 0. The van der Waals surface area contributed by atoms with Crippen molar-refractivity contribution in [2.24, 2.45) is 0 Å². The fraction of sp³-hybridized carbons (Fsp3) is 1.00. The average molecular weight is 501 g/mol. The average Bonchev–Trinajstić information content (AvgIpc) is 2.40. The molecule has 1 saturated carbocycles. The third kappa shape index (κ3) is 2.59. The van der Waals surface area contributed by atoms with Gasteiger partial charge in [-0.15, -0.1) is 0 Å². The van der Waals surface area contributed by atoms with Crippen LogP contribution in [0.3, 0.4) is 0 Å². The second kappa shape index (κ2) is 6.50. The van der Waals surface area contributed by atoms with Crippen molar-refractivity contribution in [2.45, 2.75) is 46.5 Å². The van der Waals surface area contributed by atoms with Crippen LogP contribution >= 0.6 is 0 Å². The largest absolute Gasteiger partial charge is 0.457 e.